The van der Waals surface area contributed by atoms with Crippen LogP contribution in [0.1, 0.15) is 24.3 Å². The summed E-state index contributed by atoms with van der Waals surface area (Å²) in [5.41, 5.74) is 2.29. The first-order valence-corrected chi connectivity index (χ1v) is 15.4. The topological polar surface area (TPSA) is 117 Å². The molecule has 0 bridgehead atoms. The number of likely N-dealkylation sites (tertiary alicyclic amines) is 1. The number of halogens is 2. The highest BCUT2D eigenvalue weighted by molar-refractivity contribution is 6.53. The predicted molar refractivity (Wildman–Crippen MR) is 162 cm³/mol. The molecule has 6 unspecified atom stereocenters. The van der Waals surface area contributed by atoms with Crippen molar-refractivity contribution in [2.24, 2.45) is 17.8 Å². The Hall–Kier alpha value is -3.60. The molecule has 0 radical (unpaired) electrons. The zero-order valence-electron chi connectivity index (χ0n) is 24.2. The number of alkyl halides is 2. The highest BCUT2D eigenvalue weighted by Crippen LogP contribution is 2.66. The molecule has 2 aromatic carbocycles. The van der Waals surface area contributed by atoms with Gasteiger partial charge in [0.05, 0.1) is 37.8 Å². The number of carbonyl (C=O) groups is 4. The summed E-state index contributed by atoms with van der Waals surface area (Å²) in [7, 11) is 2.79. The fraction of sp³-hybridized carbons (Fsp3) is 0.438. The van der Waals surface area contributed by atoms with Crippen LogP contribution >= 0.6 is 23.2 Å². The molecular weight excluding hydrogens is 609 g/mol. The third-order valence-corrected chi connectivity index (χ3v) is 11.5. The van der Waals surface area contributed by atoms with E-state index in [2.05, 4.69) is 4.90 Å². The number of allylic oxidation sites excluding steroid dienone is 2. The second kappa shape index (κ2) is 10.2. The van der Waals surface area contributed by atoms with E-state index in [1.54, 1.807) is 24.3 Å². The molecule has 4 amide bonds. The second-order valence-electron chi connectivity index (χ2n) is 12.1. The van der Waals surface area contributed by atoms with E-state index >= 15 is 0 Å². The quantitative estimate of drug-likeness (QED) is 0.307. The number of amides is 4. The maximum absolute atomic E-state index is 14.2. The number of aromatic hydroxyl groups is 1. The van der Waals surface area contributed by atoms with Gasteiger partial charge in [0.2, 0.25) is 11.8 Å². The van der Waals surface area contributed by atoms with E-state index in [0.717, 1.165) is 23.7 Å². The monoisotopic (exact) mass is 639 g/mol. The van der Waals surface area contributed by atoms with Crippen LogP contribution in [0, 0.1) is 17.8 Å². The average Bonchev–Trinajstić information content (AvgIpc) is 3.37. The number of hydrogen-bond donors (Lipinski definition) is 1. The van der Waals surface area contributed by atoms with Crippen LogP contribution < -0.4 is 14.5 Å². The minimum absolute atomic E-state index is 0.121. The minimum Gasteiger partial charge on any atom is -0.508 e. The van der Waals surface area contributed by atoms with E-state index in [1.165, 1.54) is 25.1 Å². The molecule has 4 fully saturated rings. The van der Waals surface area contributed by atoms with Crippen molar-refractivity contribution in [3.05, 3.63) is 59.7 Å². The zero-order chi connectivity index (χ0) is 31.1. The number of anilines is 2. The summed E-state index contributed by atoms with van der Waals surface area (Å²) < 4.78 is 10.8. The number of carbonyl (C=O) groups excluding carboxylic acids is 4. The third kappa shape index (κ3) is 3.83. The number of rotatable bonds is 4. The van der Waals surface area contributed by atoms with Gasteiger partial charge in [-0.25, -0.2) is 0 Å². The Balaban J connectivity index is 1.30. The van der Waals surface area contributed by atoms with Crippen molar-refractivity contribution in [2.45, 2.75) is 28.5 Å². The first kappa shape index (κ1) is 29.1. The van der Waals surface area contributed by atoms with E-state index in [4.69, 9.17) is 32.7 Å². The van der Waals surface area contributed by atoms with Crippen molar-refractivity contribution in [3.8, 4) is 11.5 Å². The van der Waals surface area contributed by atoms with Crippen molar-refractivity contribution in [1.82, 2.24) is 4.90 Å². The van der Waals surface area contributed by atoms with Crippen molar-refractivity contribution < 1.29 is 33.8 Å². The zero-order valence-corrected chi connectivity index (χ0v) is 25.7. The van der Waals surface area contributed by atoms with Crippen molar-refractivity contribution in [2.75, 3.05) is 50.3 Å². The summed E-state index contributed by atoms with van der Waals surface area (Å²) in [6.07, 6.45) is 1.94. The molecule has 0 spiro atoms. The smallest absolute Gasteiger partial charge is 0.253 e. The summed E-state index contributed by atoms with van der Waals surface area (Å²) in [5, 5.41) is 11.1. The second-order valence-corrected chi connectivity index (χ2v) is 13.3. The standard InChI is InChI=1S/C32H31Cl2N3O7/c1-35-29(41)31(33)16-23-20(26(32(31,34)30(35)42)22-15-19(43-2)7-10-24(22)38)8-9-21-25(23)28(40)37(27(21)39)18-5-3-17(4-6-18)36-11-13-44-14-12-36/h3-8,10,15,21,23,25-26,38H,9,11-14,16H2,1-2H3. The molecule has 3 saturated heterocycles. The van der Waals surface area contributed by atoms with Gasteiger partial charge in [0.1, 0.15) is 11.5 Å². The largest absolute Gasteiger partial charge is 0.508 e. The molecule has 5 aliphatic rings. The normalized spacial score (nSPS) is 33.3. The number of nitrogens with zero attached hydrogens (tertiary/aromatic N) is 3. The third-order valence-electron chi connectivity index (χ3n) is 10.0. The SMILES string of the molecule is COc1ccc(O)c(C2C3=CCC4C(=O)N(c5ccc(N6CCOCC6)cc5)C(=O)C4C3CC3(Cl)C(=O)N(C)C(=O)C23Cl)c1. The Labute approximate surface area is 264 Å². The van der Waals surface area contributed by atoms with E-state index in [9.17, 15) is 24.3 Å². The Bertz CT molecular complexity index is 1620. The molecule has 230 valence electrons. The number of benzene rings is 2. The lowest BCUT2D eigenvalue weighted by Gasteiger charge is -2.50. The van der Waals surface area contributed by atoms with Gasteiger partial charge in [-0.3, -0.25) is 29.0 Å². The van der Waals surface area contributed by atoms with Crippen LogP contribution in [0.2, 0.25) is 0 Å². The predicted octanol–water partition coefficient (Wildman–Crippen LogP) is 3.43. The summed E-state index contributed by atoms with van der Waals surface area (Å²) in [4.78, 5) is 55.9. The molecule has 1 saturated carbocycles. The molecule has 1 N–H and O–H groups in total. The first-order chi connectivity index (χ1) is 21.0. The Morgan fingerprint density at radius 3 is 2.30 bits per heavy atom. The number of phenolic OH excluding ortho intramolecular Hbond substituents is 1. The summed E-state index contributed by atoms with van der Waals surface area (Å²) in [6, 6.07) is 11.9. The van der Waals surface area contributed by atoms with Crippen LogP contribution in [0.4, 0.5) is 11.4 Å². The molecule has 7 rings (SSSR count). The maximum Gasteiger partial charge on any atom is 0.253 e. The van der Waals surface area contributed by atoms with E-state index < -0.39 is 51.1 Å². The molecule has 2 aliphatic carbocycles. The number of imide groups is 2. The van der Waals surface area contributed by atoms with Gasteiger partial charge >= 0.3 is 0 Å². The van der Waals surface area contributed by atoms with E-state index in [-0.39, 0.29) is 30.1 Å². The fourth-order valence-corrected chi connectivity index (χ4v) is 8.88. The van der Waals surface area contributed by atoms with Gasteiger partial charge in [0, 0.05) is 37.3 Å². The van der Waals surface area contributed by atoms with Gasteiger partial charge in [0.15, 0.2) is 9.75 Å². The number of phenols is 1. The molecular formula is C32H31Cl2N3O7. The molecule has 3 aliphatic heterocycles. The van der Waals surface area contributed by atoms with Crippen molar-refractivity contribution in [1.29, 1.82) is 0 Å². The Morgan fingerprint density at radius 1 is 0.932 bits per heavy atom. The lowest BCUT2D eigenvalue weighted by atomic mass is 9.56. The van der Waals surface area contributed by atoms with Crippen LogP contribution in [-0.4, -0.2) is 83.8 Å². The summed E-state index contributed by atoms with van der Waals surface area (Å²) in [5.74, 6) is -5.12. The number of methoxy groups -OCH3 is 1. The molecule has 12 heteroatoms. The summed E-state index contributed by atoms with van der Waals surface area (Å²) in [6.45, 7) is 2.78. The van der Waals surface area contributed by atoms with Crippen molar-refractivity contribution >= 4 is 58.2 Å². The minimum atomic E-state index is -1.99. The lowest BCUT2D eigenvalue weighted by molar-refractivity contribution is -0.138. The van der Waals surface area contributed by atoms with Gasteiger partial charge in [-0.2, -0.15) is 0 Å². The maximum atomic E-state index is 14.2. The summed E-state index contributed by atoms with van der Waals surface area (Å²) >= 11 is 14.4. The molecule has 6 atom stereocenters. The fourth-order valence-electron chi connectivity index (χ4n) is 7.87. The van der Waals surface area contributed by atoms with Crippen LogP contribution in [0.25, 0.3) is 0 Å². The van der Waals surface area contributed by atoms with Gasteiger partial charge in [0.25, 0.3) is 11.8 Å². The van der Waals surface area contributed by atoms with Crippen molar-refractivity contribution in [3.63, 3.8) is 0 Å². The molecule has 10 nitrogen and oxygen atoms in total. The molecule has 2 aromatic rings. The first-order valence-electron chi connectivity index (χ1n) is 14.6. The van der Waals surface area contributed by atoms with Gasteiger partial charge < -0.3 is 19.5 Å². The van der Waals surface area contributed by atoms with Crippen LogP contribution in [0.5, 0.6) is 11.5 Å². The lowest BCUT2D eigenvalue weighted by Crippen LogP contribution is -2.60. The molecule has 44 heavy (non-hydrogen) atoms. The Kier molecular flexibility index (Phi) is 6.77. The highest BCUT2D eigenvalue weighted by atomic mass is 35.5. The van der Waals surface area contributed by atoms with E-state index in [0.29, 0.717) is 30.2 Å². The molecule has 3 heterocycles. The van der Waals surface area contributed by atoms with E-state index in [1.807, 2.05) is 18.2 Å². The van der Waals surface area contributed by atoms with Gasteiger partial charge in [-0.05, 0) is 61.2 Å². The van der Waals surface area contributed by atoms with Crippen LogP contribution in [0.15, 0.2) is 54.1 Å². The number of morpholine rings is 1. The van der Waals surface area contributed by atoms with Crippen LogP contribution in [0.3, 0.4) is 0 Å². The average molecular weight is 641 g/mol. The van der Waals surface area contributed by atoms with Crippen LogP contribution in [-0.2, 0) is 23.9 Å². The number of ether oxygens (including phenoxy) is 2. The Morgan fingerprint density at radius 2 is 1.61 bits per heavy atom. The highest BCUT2D eigenvalue weighted by Gasteiger charge is 2.76. The molecule has 0 aromatic heterocycles. The van der Waals surface area contributed by atoms with Gasteiger partial charge in [-0.1, -0.05) is 11.6 Å². The number of fused-ring (bicyclic) bond motifs is 4. The van der Waals surface area contributed by atoms with Gasteiger partial charge in [-0.15, -0.1) is 23.2 Å². The number of hydrogen-bond acceptors (Lipinski definition) is 8.